The van der Waals surface area contributed by atoms with Gasteiger partial charge in [-0.25, -0.2) is 4.39 Å². The van der Waals surface area contributed by atoms with Gasteiger partial charge in [0.25, 0.3) is 0 Å². The number of halogens is 1. The molecule has 0 fully saturated rings. The van der Waals surface area contributed by atoms with Crippen molar-refractivity contribution < 1.29 is 9.18 Å². The largest absolute Gasteiger partial charge is 0.324 e. The lowest BCUT2D eigenvalue weighted by atomic mass is 10.1. The number of aromatic nitrogens is 1. The van der Waals surface area contributed by atoms with E-state index in [0.717, 1.165) is 6.42 Å². The van der Waals surface area contributed by atoms with Gasteiger partial charge >= 0.3 is 0 Å². The van der Waals surface area contributed by atoms with E-state index < -0.39 is 0 Å². The molecule has 1 heterocycles. The number of hydrogen-bond acceptors (Lipinski definition) is 2. The van der Waals surface area contributed by atoms with Gasteiger partial charge in [-0.1, -0.05) is 30.3 Å². The fourth-order valence-electron chi connectivity index (χ4n) is 2.38. The molecule has 0 aliphatic carbocycles. The van der Waals surface area contributed by atoms with E-state index in [9.17, 15) is 9.18 Å². The summed E-state index contributed by atoms with van der Waals surface area (Å²) in [6.45, 7) is 0. The van der Waals surface area contributed by atoms with Gasteiger partial charge in [0.2, 0.25) is 5.91 Å². The quantitative estimate of drug-likeness (QED) is 0.769. The van der Waals surface area contributed by atoms with Crippen molar-refractivity contribution in [2.75, 3.05) is 5.32 Å². The number of anilines is 1. The second-order valence-corrected chi connectivity index (χ2v) is 5.28. The van der Waals surface area contributed by atoms with Crippen molar-refractivity contribution in [3.8, 4) is 0 Å². The van der Waals surface area contributed by atoms with Crippen molar-refractivity contribution in [3.05, 3.63) is 78.6 Å². The molecule has 0 atom stereocenters. The Bertz CT molecular complexity index is 818. The van der Waals surface area contributed by atoms with Gasteiger partial charge in [-0.05, 0) is 42.7 Å². The van der Waals surface area contributed by atoms with Crippen LogP contribution in [0.25, 0.3) is 10.9 Å². The monoisotopic (exact) mass is 307 g/mol. The smallest absolute Gasteiger partial charge is 0.228 e. The maximum absolute atomic E-state index is 13.2. The normalized spacial score (nSPS) is 10.7. The molecule has 1 N–H and O–H groups in total. The molecule has 1 amide bonds. The molecule has 4 heteroatoms. The summed E-state index contributed by atoms with van der Waals surface area (Å²) in [5.74, 6) is -0.504. The van der Waals surface area contributed by atoms with Gasteiger partial charge in [-0.2, -0.15) is 0 Å². The van der Waals surface area contributed by atoms with Gasteiger partial charge in [0.15, 0.2) is 0 Å². The van der Waals surface area contributed by atoms with Gasteiger partial charge in [0.1, 0.15) is 5.82 Å². The summed E-state index contributed by atoms with van der Waals surface area (Å²) in [5, 5.41) is 3.42. The Morgan fingerprint density at radius 3 is 2.78 bits per heavy atom. The highest BCUT2D eigenvalue weighted by Crippen LogP contribution is 2.18. The zero-order valence-corrected chi connectivity index (χ0v) is 12.5. The molecule has 0 bridgehead atoms. The highest BCUT2D eigenvalue weighted by Gasteiger charge is 2.05. The van der Waals surface area contributed by atoms with Gasteiger partial charge in [-0.3, -0.25) is 9.78 Å². The van der Waals surface area contributed by atoms with E-state index in [1.807, 2.05) is 30.3 Å². The zero-order valence-electron chi connectivity index (χ0n) is 12.5. The molecular formula is C19H16FN2O. The highest BCUT2D eigenvalue weighted by molar-refractivity contribution is 5.98. The molecule has 1 radical (unpaired) electrons. The topological polar surface area (TPSA) is 42.0 Å². The number of nitrogens with zero attached hydrogens (tertiary/aromatic N) is 1. The number of rotatable bonds is 5. The lowest BCUT2D eigenvalue weighted by Crippen LogP contribution is -2.12. The Morgan fingerprint density at radius 2 is 1.96 bits per heavy atom. The van der Waals surface area contributed by atoms with Crippen LogP contribution >= 0.6 is 0 Å². The Balaban J connectivity index is 1.57. The van der Waals surface area contributed by atoms with Gasteiger partial charge in [-0.15, -0.1) is 0 Å². The number of benzene rings is 2. The lowest BCUT2D eigenvalue weighted by molar-refractivity contribution is -0.113. The summed E-state index contributed by atoms with van der Waals surface area (Å²) in [4.78, 5) is 16.1. The summed E-state index contributed by atoms with van der Waals surface area (Å²) in [5.41, 5.74) is 2.45. The van der Waals surface area contributed by atoms with Crippen LogP contribution < -0.4 is 5.32 Å². The molecule has 3 rings (SSSR count). The van der Waals surface area contributed by atoms with Crippen LogP contribution in [0.5, 0.6) is 0 Å². The maximum Gasteiger partial charge on any atom is 0.228 e. The highest BCUT2D eigenvalue weighted by atomic mass is 19.1. The van der Waals surface area contributed by atoms with E-state index in [1.54, 1.807) is 24.8 Å². The summed E-state index contributed by atoms with van der Waals surface area (Å²) >= 11 is 0. The fraction of sp³-hybridized carbons (Fsp3) is 0.105. The molecule has 0 aliphatic heterocycles. The average molecular weight is 307 g/mol. The number of amides is 1. The van der Waals surface area contributed by atoms with Crippen LogP contribution in [-0.2, 0) is 11.2 Å². The van der Waals surface area contributed by atoms with Crippen LogP contribution in [0.1, 0.15) is 12.0 Å². The first-order chi connectivity index (χ1) is 11.2. The predicted octanol–water partition coefficient (Wildman–Crippen LogP) is 4.15. The molecule has 2 aromatic carbocycles. The number of fused-ring (bicyclic) bond motifs is 1. The van der Waals surface area contributed by atoms with E-state index >= 15 is 0 Å². The van der Waals surface area contributed by atoms with Crippen molar-refractivity contribution in [3.63, 3.8) is 0 Å². The minimum absolute atomic E-state index is 0.182. The van der Waals surface area contributed by atoms with Crippen molar-refractivity contribution in [1.82, 2.24) is 4.98 Å². The number of hydrogen-bond donors (Lipinski definition) is 1. The fourth-order valence-corrected chi connectivity index (χ4v) is 2.38. The average Bonchev–Trinajstić information content (AvgIpc) is 2.55. The standard InChI is InChI=1S/C19H16FN2O/c20-16-9-10-18-15(11-16)12-17(13-21-18)22-19(23)8-4-7-14-5-2-1-3-6-14/h1-3,5-6,8-13H,4,7H2,(H,22,23). The van der Waals surface area contributed by atoms with Crippen LogP contribution in [0.4, 0.5) is 10.1 Å². The van der Waals surface area contributed by atoms with Crippen LogP contribution in [0.3, 0.4) is 0 Å². The SMILES string of the molecule is O=C([CH]CCc1ccccc1)Nc1cnc2ccc(F)cc2c1. The minimum Gasteiger partial charge on any atom is -0.324 e. The molecule has 1 aromatic heterocycles. The van der Waals surface area contributed by atoms with Crippen LogP contribution in [0.15, 0.2) is 60.8 Å². The molecule has 115 valence electrons. The predicted molar refractivity (Wildman–Crippen MR) is 89.4 cm³/mol. The minimum atomic E-state index is -0.322. The Hall–Kier alpha value is -2.75. The Kier molecular flexibility index (Phi) is 4.62. The second kappa shape index (κ2) is 7.01. The number of pyridine rings is 1. The number of nitrogens with one attached hydrogen (secondary N) is 1. The molecule has 0 aliphatic rings. The first-order valence-electron chi connectivity index (χ1n) is 7.44. The number of carbonyl (C=O) groups is 1. The first kappa shape index (κ1) is 15.2. The summed E-state index contributed by atoms with van der Waals surface area (Å²) in [6.07, 6.45) is 4.66. The van der Waals surface area contributed by atoms with Crippen LogP contribution in [-0.4, -0.2) is 10.9 Å². The van der Waals surface area contributed by atoms with Crippen LogP contribution in [0, 0.1) is 12.2 Å². The molecule has 0 saturated carbocycles. The summed E-state index contributed by atoms with van der Waals surface area (Å²) < 4.78 is 13.2. The summed E-state index contributed by atoms with van der Waals surface area (Å²) in [6, 6.07) is 16.1. The second-order valence-electron chi connectivity index (χ2n) is 5.28. The van der Waals surface area contributed by atoms with E-state index in [1.165, 1.54) is 17.7 Å². The molecule has 0 spiro atoms. The van der Waals surface area contributed by atoms with E-state index in [2.05, 4.69) is 10.3 Å². The molecule has 23 heavy (non-hydrogen) atoms. The van der Waals surface area contributed by atoms with Crippen molar-refractivity contribution in [1.29, 1.82) is 0 Å². The molecule has 0 unspecified atom stereocenters. The molecule has 3 aromatic rings. The van der Waals surface area contributed by atoms with E-state index in [4.69, 9.17) is 0 Å². The summed E-state index contributed by atoms with van der Waals surface area (Å²) in [7, 11) is 0. The van der Waals surface area contributed by atoms with E-state index in [-0.39, 0.29) is 11.7 Å². The third kappa shape index (κ3) is 4.13. The van der Waals surface area contributed by atoms with Crippen molar-refractivity contribution in [2.45, 2.75) is 12.8 Å². The number of aryl methyl sites for hydroxylation is 1. The van der Waals surface area contributed by atoms with Gasteiger partial charge < -0.3 is 5.32 Å². The van der Waals surface area contributed by atoms with Crippen molar-refractivity contribution in [2.24, 2.45) is 0 Å². The molecule has 3 nitrogen and oxygen atoms in total. The molecule has 0 saturated heterocycles. The Morgan fingerprint density at radius 1 is 1.13 bits per heavy atom. The third-order valence-corrected chi connectivity index (χ3v) is 3.52. The maximum atomic E-state index is 13.2. The van der Waals surface area contributed by atoms with Gasteiger partial charge in [0.05, 0.1) is 23.8 Å². The third-order valence-electron chi connectivity index (χ3n) is 3.52. The van der Waals surface area contributed by atoms with Crippen molar-refractivity contribution >= 4 is 22.5 Å². The lowest BCUT2D eigenvalue weighted by Gasteiger charge is -2.06. The first-order valence-corrected chi connectivity index (χ1v) is 7.44. The van der Waals surface area contributed by atoms with E-state index in [0.29, 0.717) is 23.0 Å². The molecular weight excluding hydrogens is 291 g/mol. The van der Waals surface area contributed by atoms with Crippen LogP contribution in [0.2, 0.25) is 0 Å². The zero-order chi connectivity index (χ0) is 16.1. The Labute approximate surface area is 134 Å². The number of carbonyl (C=O) groups excluding carboxylic acids is 1. The van der Waals surface area contributed by atoms with Gasteiger partial charge in [0, 0.05) is 5.39 Å².